The number of benzene rings is 1. The van der Waals surface area contributed by atoms with Gasteiger partial charge in [-0.25, -0.2) is 0 Å². The Kier molecular flexibility index (Phi) is 3.76. The molecule has 1 fully saturated rings. The fourth-order valence-corrected chi connectivity index (χ4v) is 2.26. The second kappa shape index (κ2) is 5.29. The van der Waals surface area contributed by atoms with Crippen molar-refractivity contribution in [1.82, 2.24) is 4.90 Å². The summed E-state index contributed by atoms with van der Waals surface area (Å²) in [4.78, 5) is 13.1. The van der Waals surface area contributed by atoms with E-state index < -0.39 is 18.1 Å². The van der Waals surface area contributed by atoms with Gasteiger partial charge in [0.05, 0.1) is 6.10 Å². The second-order valence-electron chi connectivity index (χ2n) is 4.49. The summed E-state index contributed by atoms with van der Waals surface area (Å²) in [5.74, 6) is -0.848. The molecule has 1 aromatic rings. The van der Waals surface area contributed by atoms with Crippen LogP contribution in [0.5, 0.6) is 0 Å². The number of aliphatic hydroxyl groups excluding tert-OH is 1. The van der Waals surface area contributed by atoms with Gasteiger partial charge in [0.25, 0.3) is 0 Å². The third-order valence-corrected chi connectivity index (χ3v) is 3.20. The van der Waals surface area contributed by atoms with Crippen molar-refractivity contribution >= 4 is 5.97 Å². The van der Waals surface area contributed by atoms with Gasteiger partial charge in [-0.3, -0.25) is 9.69 Å². The predicted molar refractivity (Wildman–Crippen MR) is 63.5 cm³/mol. The zero-order valence-corrected chi connectivity index (χ0v) is 9.62. The van der Waals surface area contributed by atoms with Crippen LogP contribution in [-0.2, 0) is 11.3 Å². The van der Waals surface area contributed by atoms with Crippen molar-refractivity contribution < 1.29 is 15.0 Å². The lowest BCUT2D eigenvalue weighted by Gasteiger charge is -2.35. The predicted octanol–water partition coefficient (Wildman–Crippen LogP) is 1.10. The fraction of sp³-hybridized carbons (Fsp3) is 0.462. The average molecular weight is 235 g/mol. The minimum Gasteiger partial charge on any atom is -0.480 e. The van der Waals surface area contributed by atoms with E-state index in [9.17, 15) is 9.90 Å². The van der Waals surface area contributed by atoms with E-state index in [2.05, 4.69) is 0 Å². The second-order valence-corrected chi connectivity index (χ2v) is 4.49. The van der Waals surface area contributed by atoms with Crippen molar-refractivity contribution in [2.45, 2.75) is 31.5 Å². The molecule has 0 bridgehead atoms. The summed E-state index contributed by atoms with van der Waals surface area (Å²) in [5.41, 5.74) is 1.11. The van der Waals surface area contributed by atoms with E-state index in [1.807, 2.05) is 35.2 Å². The maximum absolute atomic E-state index is 11.1. The van der Waals surface area contributed by atoms with Crippen LogP contribution in [-0.4, -0.2) is 39.8 Å². The molecule has 2 atom stereocenters. The Morgan fingerprint density at radius 2 is 2.06 bits per heavy atom. The molecule has 0 aromatic heterocycles. The largest absolute Gasteiger partial charge is 0.480 e. The standard InChI is InChI=1S/C13H17NO3/c15-11-6-7-14(12(8-11)13(16)17)9-10-4-2-1-3-5-10/h1-5,11-12,15H,6-9H2,(H,16,17). The minimum atomic E-state index is -0.848. The topological polar surface area (TPSA) is 60.8 Å². The van der Waals surface area contributed by atoms with Crippen LogP contribution in [0.15, 0.2) is 30.3 Å². The number of likely N-dealkylation sites (tertiary alicyclic amines) is 1. The van der Waals surface area contributed by atoms with Gasteiger partial charge in [0.2, 0.25) is 0 Å². The zero-order valence-electron chi connectivity index (χ0n) is 9.62. The van der Waals surface area contributed by atoms with Crippen LogP contribution >= 0.6 is 0 Å². The molecule has 0 spiro atoms. The third-order valence-electron chi connectivity index (χ3n) is 3.20. The maximum Gasteiger partial charge on any atom is 0.321 e. The van der Waals surface area contributed by atoms with Gasteiger partial charge in [0.1, 0.15) is 6.04 Å². The van der Waals surface area contributed by atoms with Gasteiger partial charge in [-0.05, 0) is 18.4 Å². The smallest absolute Gasteiger partial charge is 0.321 e. The number of aliphatic carboxylic acids is 1. The summed E-state index contributed by atoms with van der Waals surface area (Å²) in [6.45, 7) is 1.26. The van der Waals surface area contributed by atoms with Crippen LogP contribution in [0.4, 0.5) is 0 Å². The highest BCUT2D eigenvalue weighted by molar-refractivity contribution is 5.73. The van der Waals surface area contributed by atoms with E-state index in [1.54, 1.807) is 0 Å². The van der Waals surface area contributed by atoms with Crippen molar-refractivity contribution in [1.29, 1.82) is 0 Å². The van der Waals surface area contributed by atoms with Crippen LogP contribution < -0.4 is 0 Å². The molecule has 0 saturated carbocycles. The number of carboxylic acid groups (broad SMARTS) is 1. The SMILES string of the molecule is O=C(O)C1CC(O)CCN1Cc1ccccc1. The molecular formula is C13H17NO3. The molecule has 1 aliphatic heterocycles. The molecule has 1 heterocycles. The molecule has 2 rings (SSSR count). The Labute approximate surface area is 100 Å². The summed E-state index contributed by atoms with van der Waals surface area (Å²) in [7, 11) is 0. The normalized spacial score (nSPS) is 25.7. The molecule has 0 aliphatic carbocycles. The van der Waals surface area contributed by atoms with Gasteiger partial charge in [0, 0.05) is 13.1 Å². The summed E-state index contributed by atoms with van der Waals surface area (Å²) < 4.78 is 0. The van der Waals surface area contributed by atoms with Crippen LogP contribution in [0.2, 0.25) is 0 Å². The van der Waals surface area contributed by atoms with Crippen LogP contribution in [0.3, 0.4) is 0 Å². The molecule has 4 nitrogen and oxygen atoms in total. The lowest BCUT2D eigenvalue weighted by molar-refractivity contribution is -0.146. The molecule has 4 heteroatoms. The van der Waals surface area contributed by atoms with Crippen LogP contribution in [0, 0.1) is 0 Å². The van der Waals surface area contributed by atoms with Crippen LogP contribution in [0.1, 0.15) is 18.4 Å². The maximum atomic E-state index is 11.1. The Hall–Kier alpha value is -1.39. The van der Waals surface area contributed by atoms with Gasteiger partial charge < -0.3 is 10.2 Å². The number of piperidine rings is 1. The van der Waals surface area contributed by atoms with Gasteiger partial charge in [-0.2, -0.15) is 0 Å². The van der Waals surface area contributed by atoms with Crippen molar-refractivity contribution in [2.24, 2.45) is 0 Å². The van der Waals surface area contributed by atoms with Crippen LogP contribution in [0.25, 0.3) is 0 Å². The average Bonchev–Trinajstić information content (AvgIpc) is 2.32. The van der Waals surface area contributed by atoms with Gasteiger partial charge in [-0.1, -0.05) is 30.3 Å². The van der Waals surface area contributed by atoms with Crippen molar-refractivity contribution in [2.75, 3.05) is 6.54 Å². The Balaban J connectivity index is 2.06. The van der Waals surface area contributed by atoms with Crippen molar-refractivity contribution in [3.63, 3.8) is 0 Å². The molecule has 17 heavy (non-hydrogen) atoms. The number of carbonyl (C=O) groups is 1. The van der Waals surface area contributed by atoms with E-state index in [0.717, 1.165) is 5.56 Å². The number of hydrogen-bond acceptors (Lipinski definition) is 3. The van der Waals surface area contributed by atoms with Gasteiger partial charge in [0.15, 0.2) is 0 Å². The fourth-order valence-electron chi connectivity index (χ4n) is 2.26. The number of carboxylic acids is 1. The lowest BCUT2D eigenvalue weighted by atomic mass is 9.99. The number of aliphatic hydroxyl groups is 1. The summed E-state index contributed by atoms with van der Waals surface area (Å²) in [6, 6.07) is 9.25. The monoisotopic (exact) mass is 235 g/mol. The Morgan fingerprint density at radius 1 is 1.35 bits per heavy atom. The zero-order chi connectivity index (χ0) is 12.3. The summed E-state index contributed by atoms with van der Waals surface area (Å²) in [6.07, 6.45) is 0.488. The number of rotatable bonds is 3. The highest BCUT2D eigenvalue weighted by atomic mass is 16.4. The molecule has 92 valence electrons. The van der Waals surface area contributed by atoms with Gasteiger partial charge in [-0.15, -0.1) is 0 Å². The minimum absolute atomic E-state index is 0.322. The molecule has 1 aliphatic rings. The number of nitrogens with zero attached hydrogens (tertiary/aromatic N) is 1. The first kappa shape index (κ1) is 12.1. The molecule has 1 saturated heterocycles. The van der Waals surface area contributed by atoms with Gasteiger partial charge >= 0.3 is 5.97 Å². The summed E-state index contributed by atoms with van der Waals surface area (Å²) in [5, 5.41) is 18.7. The molecule has 0 amide bonds. The quantitative estimate of drug-likeness (QED) is 0.823. The highest BCUT2D eigenvalue weighted by Crippen LogP contribution is 2.20. The van der Waals surface area contributed by atoms with E-state index in [0.29, 0.717) is 25.9 Å². The van der Waals surface area contributed by atoms with E-state index in [4.69, 9.17) is 5.11 Å². The van der Waals surface area contributed by atoms with E-state index >= 15 is 0 Å². The first-order valence-corrected chi connectivity index (χ1v) is 5.85. The molecule has 2 N–H and O–H groups in total. The van der Waals surface area contributed by atoms with Crippen molar-refractivity contribution in [3.8, 4) is 0 Å². The molecule has 2 unspecified atom stereocenters. The molecule has 0 radical (unpaired) electrons. The highest BCUT2D eigenvalue weighted by Gasteiger charge is 2.32. The molecule has 1 aromatic carbocycles. The van der Waals surface area contributed by atoms with E-state index in [1.165, 1.54) is 0 Å². The first-order valence-electron chi connectivity index (χ1n) is 5.85. The Morgan fingerprint density at radius 3 is 2.71 bits per heavy atom. The van der Waals surface area contributed by atoms with E-state index in [-0.39, 0.29) is 0 Å². The van der Waals surface area contributed by atoms with Crippen molar-refractivity contribution in [3.05, 3.63) is 35.9 Å². The third kappa shape index (κ3) is 3.05. The Bertz CT molecular complexity index is 380. The first-order chi connectivity index (χ1) is 8.16. The lowest BCUT2D eigenvalue weighted by Crippen LogP contribution is -2.48. The molecular weight excluding hydrogens is 218 g/mol. The number of hydrogen-bond donors (Lipinski definition) is 2. The summed E-state index contributed by atoms with van der Waals surface area (Å²) >= 11 is 0.